The summed E-state index contributed by atoms with van der Waals surface area (Å²) >= 11 is 0. The first-order valence-corrected chi connectivity index (χ1v) is 2.54. The van der Waals surface area contributed by atoms with Crippen LogP contribution in [0.5, 0.6) is 0 Å². The van der Waals surface area contributed by atoms with Crippen LogP contribution in [0.15, 0.2) is 11.9 Å². The summed E-state index contributed by atoms with van der Waals surface area (Å²) in [4.78, 5) is 0. The smallest absolute Gasteiger partial charge is 0.136 e. The molecule has 0 aliphatic carbocycles. The minimum atomic E-state index is -0.458. The minimum Gasteiger partial charge on any atom is -0.306 e. The average molecular weight is 115 g/mol. The Kier molecular flexibility index (Phi) is 3.08. The minimum absolute atomic E-state index is 0.191. The van der Waals surface area contributed by atoms with Crippen LogP contribution in [-0.4, -0.2) is 6.21 Å². The second-order valence-electron chi connectivity index (χ2n) is 1.94. The van der Waals surface area contributed by atoms with Gasteiger partial charge in [-0.3, -0.25) is 0 Å². The van der Waals surface area contributed by atoms with Crippen molar-refractivity contribution in [1.29, 1.82) is 5.41 Å². The molecule has 0 aromatic heterocycles. The highest BCUT2D eigenvalue weighted by Crippen LogP contribution is 1.99. The quantitative estimate of drug-likeness (QED) is 0.533. The summed E-state index contributed by atoms with van der Waals surface area (Å²) in [6.45, 7) is 3.73. The molecule has 0 saturated heterocycles. The zero-order valence-electron chi connectivity index (χ0n) is 5.11. The molecule has 0 amide bonds. The maximum Gasteiger partial charge on any atom is 0.136 e. The van der Waals surface area contributed by atoms with Crippen molar-refractivity contribution in [3.8, 4) is 0 Å². The highest BCUT2D eigenvalue weighted by Gasteiger charge is 1.88. The lowest BCUT2D eigenvalue weighted by Crippen LogP contribution is -1.81. The molecule has 0 aromatic carbocycles. The number of nitrogens with one attached hydrogen (secondary N) is 1. The Hall–Kier alpha value is -0.660. The fraction of sp³-hybridized carbons (Fsp3) is 0.500. The molecular weight excluding hydrogens is 105 g/mol. The van der Waals surface area contributed by atoms with Gasteiger partial charge in [-0.25, -0.2) is 4.39 Å². The third kappa shape index (κ3) is 3.53. The maximum atomic E-state index is 12.0. The van der Waals surface area contributed by atoms with E-state index in [0.717, 1.165) is 0 Å². The van der Waals surface area contributed by atoms with Gasteiger partial charge in [-0.1, -0.05) is 13.8 Å². The van der Waals surface area contributed by atoms with Gasteiger partial charge in [0.25, 0.3) is 0 Å². The van der Waals surface area contributed by atoms with Crippen LogP contribution in [0.2, 0.25) is 0 Å². The molecule has 0 aliphatic rings. The Bertz CT molecular complexity index is 105. The number of halogens is 1. The third-order valence-electron chi connectivity index (χ3n) is 0.630. The molecule has 1 N–H and O–H groups in total. The highest BCUT2D eigenvalue weighted by molar-refractivity contribution is 5.72. The van der Waals surface area contributed by atoms with Gasteiger partial charge < -0.3 is 5.41 Å². The van der Waals surface area contributed by atoms with E-state index in [1.165, 1.54) is 6.08 Å². The highest BCUT2D eigenvalue weighted by atomic mass is 19.1. The van der Waals surface area contributed by atoms with Gasteiger partial charge in [0, 0.05) is 0 Å². The van der Waals surface area contributed by atoms with Gasteiger partial charge in [0.05, 0.1) is 6.21 Å². The van der Waals surface area contributed by atoms with Crippen molar-refractivity contribution in [3.63, 3.8) is 0 Å². The van der Waals surface area contributed by atoms with E-state index in [4.69, 9.17) is 5.41 Å². The standard InChI is InChI=1S/C6H10FN/c1-5(2)3-6(7)4-8/h3-5,8H,1-2H3/b6-3+,8-4?. The maximum absolute atomic E-state index is 12.0. The largest absolute Gasteiger partial charge is 0.306 e. The second kappa shape index (κ2) is 3.36. The van der Waals surface area contributed by atoms with Crippen LogP contribution in [0, 0.1) is 11.3 Å². The SMILES string of the molecule is CC(C)/C=C(/F)C=N. The molecule has 0 fully saturated rings. The molecule has 8 heavy (non-hydrogen) atoms. The molecule has 0 heterocycles. The van der Waals surface area contributed by atoms with Gasteiger partial charge >= 0.3 is 0 Å². The van der Waals surface area contributed by atoms with Crippen LogP contribution in [-0.2, 0) is 0 Å². The summed E-state index contributed by atoms with van der Waals surface area (Å²) in [5.74, 6) is -0.267. The van der Waals surface area contributed by atoms with Gasteiger partial charge in [-0.15, -0.1) is 0 Å². The molecule has 1 nitrogen and oxygen atoms in total. The molecule has 0 unspecified atom stereocenters. The first-order valence-electron chi connectivity index (χ1n) is 2.54. The van der Waals surface area contributed by atoms with Crippen LogP contribution in [0.3, 0.4) is 0 Å². The molecule has 0 aliphatic heterocycles. The zero-order valence-corrected chi connectivity index (χ0v) is 5.11. The Balaban J connectivity index is 3.74. The normalized spacial score (nSPS) is 12.2. The average Bonchev–Trinajstić information content (AvgIpc) is 1.65. The molecule has 0 radical (unpaired) electrons. The predicted octanol–water partition coefficient (Wildman–Crippen LogP) is 2.15. The van der Waals surface area contributed by atoms with Crippen molar-refractivity contribution in [2.75, 3.05) is 0 Å². The summed E-state index contributed by atoms with van der Waals surface area (Å²) in [5.41, 5.74) is 0. The van der Waals surface area contributed by atoms with Gasteiger partial charge in [0.1, 0.15) is 5.83 Å². The summed E-state index contributed by atoms with van der Waals surface area (Å²) in [6, 6.07) is 0. The van der Waals surface area contributed by atoms with Crippen LogP contribution >= 0.6 is 0 Å². The Morgan fingerprint density at radius 3 is 2.25 bits per heavy atom. The summed E-state index contributed by atoms with van der Waals surface area (Å²) in [7, 11) is 0. The van der Waals surface area contributed by atoms with E-state index in [1.807, 2.05) is 13.8 Å². The number of allylic oxidation sites excluding steroid dienone is 2. The Morgan fingerprint density at radius 2 is 2.12 bits per heavy atom. The van der Waals surface area contributed by atoms with E-state index in [0.29, 0.717) is 6.21 Å². The van der Waals surface area contributed by atoms with E-state index in [-0.39, 0.29) is 5.92 Å². The van der Waals surface area contributed by atoms with E-state index in [2.05, 4.69) is 0 Å². The van der Waals surface area contributed by atoms with Crippen LogP contribution < -0.4 is 0 Å². The van der Waals surface area contributed by atoms with E-state index >= 15 is 0 Å². The predicted molar refractivity (Wildman–Crippen MR) is 32.8 cm³/mol. The molecule has 0 atom stereocenters. The lowest BCUT2D eigenvalue weighted by Gasteiger charge is -1.90. The Labute approximate surface area is 48.7 Å². The van der Waals surface area contributed by atoms with Crippen molar-refractivity contribution in [2.45, 2.75) is 13.8 Å². The lowest BCUT2D eigenvalue weighted by atomic mass is 10.2. The third-order valence-corrected chi connectivity index (χ3v) is 0.630. The number of hydrogen-bond acceptors (Lipinski definition) is 1. The van der Waals surface area contributed by atoms with E-state index in [1.54, 1.807) is 0 Å². The molecule has 0 spiro atoms. The van der Waals surface area contributed by atoms with Crippen molar-refractivity contribution in [2.24, 2.45) is 5.92 Å². The summed E-state index contributed by atoms with van der Waals surface area (Å²) in [6.07, 6.45) is 2.10. The van der Waals surface area contributed by atoms with Crippen molar-refractivity contribution < 1.29 is 4.39 Å². The zero-order chi connectivity index (χ0) is 6.57. The van der Waals surface area contributed by atoms with Crippen LogP contribution in [0.25, 0.3) is 0 Å². The van der Waals surface area contributed by atoms with Gasteiger partial charge in [0.2, 0.25) is 0 Å². The molecule has 0 saturated carbocycles. The summed E-state index contributed by atoms with van der Waals surface area (Å²) < 4.78 is 12.0. The monoisotopic (exact) mass is 115 g/mol. The van der Waals surface area contributed by atoms with Gasteiger partial charge in [0.15, 0.2) is 0 Å². The van der Waals surface area contributed by atoms with Crippen LogP contribution in [0.1, 0.15) is 13.8 Å². The lowest BCUT2D eigenvalue weighted by molar-refractivity contribution is 0.662. The Morgan fingerprint density at radius 1 is 1.62 bits per heavy atom. The molecule has 46 valence electrons. The first kappa shape index (κ1) is 7.34. The molecule has 2 heteroatoms. The molecule has 0 rings (SSSR count). The van der Waals surface area contributed by atoms with Gasteiger partial charge in [-0.05, 0) is 12.0 Å². The van der Waals surface area contributed by atoms with Crippen LogP contribution in [0.4, 0.5) is 4.39 Å². The van der Waals surface area contributed by atoms with E-state index < -0.39 is 5.83 Å². The van der Waals surface area contributed by atoms with Gasteiger partial charge in [-0.2, -0.15) is 0 Å². The van der Waals surface area contributed by atoms with E-state index in [9.17, 15) is 4.39 Å². The second-order valence-corrected chi connectivity index (χ2v) is 1.94. The first-order chi connectivity index (χ1) is 3.66. The van der Waals surface area contributed by atoms with Crippen molar-refractivity contribution in [3.05, 3.63) is 11.9 Å². The number of hydrogen-bond donors (Lipinski definition) is 1. The fourth-order valence-corrected chi connectivity index (χ4v) is 0.367. The molecular formula is C6H10FN. The topological polar surface area (TPSA) is 23.9 Å². The molecule has 0 bridgehead atoms. The van der Waals surface area contributed by atoms with Crippen molar-refractivity contribution >= 4 is 6.21 Å². The van der Waals surface area contributed by atoms with Crippen molar-refractivity contribution in [1.82, 2.24) is 0 Å². The number of rotatable bonds is 2. The summed E-state index contributed by atoms with van der Waals surface area (Å²) in [5, 5.41) is 6.43. The molecule has 0 aromatic rings. The fourth-order valence-electron chi connectivity index (χ4n) is 0.367.